The van der Waals surface area contributed by atoms with Crippen LogP contribution in [-0.2, 0) is 4.79 Å². The quantitative estimate of drug-likeness (QED) is 0.728. The molecule has 96 valence electrons. The van der Waals surface area contributed by atoms with E-state index >= 15 is 0 Å². The normalized spacial score (nSPS) is 12.4. The van der Waals surface area contributed by atoms with Gasteiger partial charge in [-0.3, -0.25) is 4.79 Å². The average Bonchev–Trinajstić information content (AvgIpc) is 2.63. The number of carbonyl (C=O) groups is 1. The molecule has 1 rings (SSSR count). The summed E-state index contributed by atoms with van der Waals surface area (Å²) in [6.07, 6.45) is 1.46. The molecule has 0 radical (unpaired) electrons. The Labute approximate surface area is 105 Å². The molecule has 1 amide bonds. The highest BCUT2D eigenvalue weighted by molar-refractivity contribution is 7.99. The lowest BCUT2D eigenvalue weighted by Crippen LogP contribution is -2.16. The summed E-state index contributed by atoms with van der Waals surface area (Å²) in [7, 11) is 0. The Balaban J connectivity index is 2.09. The van der Waals surface area contributed by atoms with Crippen LogP contribution in [0.3, 0.4) is 0 Å². The highest BCUT2D eigenvalue weighted by atomic mass is 32.2. The van der Waals surface area contributed by atoms with Crippen LogP contribution >= 0.6 is 11.8 Å². The lowest BCUT2D eigenvalue weighted by Gasteiger charge is -2.04. The first-order valence-corrected chi connectivity index (χ1v) is 6.80. The maximum absolute atomic E-state index is 11.5. The van der Waals surface area contributed by atoms with Gasteiger partial charge in [-0.1, -0.05) is 5.16 Å². The van der Waals surface area contributed by atoms with Gasteiger partial charge in [0.15, 0.2) is 5.82 Å². The number of nitrogens with one attached hydrogen (secondary N) is 1. The molecule has 5 nitrogen and oxygen atoms in total. The van der Waals surface area contributed by atoms with Gasteiger partial charge in [0.2, 0.25) is 5.91 Å². The summed E-state index contributed by atoms with van der Waals surface area (Å²) in [5.41, 5.74) is 5.63. The number of aromatic nitrogens is 1. The van der Waals surface area contributed by atoms with Gasteiger partial charge < -0.3 is 15.6 Å². The molecule has 6 heteroatoms. The molecule has 17 heavy (non-hydrogen) atoms. The fraction of sp³-hybridized carbons (Fsp3) is 0.636. The third-order valence-electron chi connectivity index (χ3n) is 2.09. The van der Waals surface area contributed by atoms with E-state index in [0.29, 0.717) is 18.0 Å². The molecule has 3 N–H and O–H groups in total. The standard InChI is InChI=1S/C11H19N3O2S/c1-8(12)3-5-17-6-4-11(15)13-10-7-9(2)16-14-10/h7-8H,3-6,12H2,1-2H3,(H,13,14,15). The van der Waals surface area contributed by atoms with Gasteiger partial charge in [0.25, 0.3) is 0 Å². The van der Waals surface area contributed by atoms with Gasteiger partial charge in [0.05, 0.1) is 0 Å². The number of aryl methyl sites for hydroxylation is 1. The van der Waals surface area contributed by atoms with Gasteiger partial charge in [0, 0.05) is 24.3 Å². The minimum Gasteiger partial charge on any atom is -0.360 e. The third kappa shape index (κ3) is 6.33. The Morgan fingerprint density at radius 1 is 1.65 bits per heavy atom. The Hall–Kier alpha value is -1.01. The molecule has 0 spiro atoms. The molecule has 0 aliphatic rings. The summed E-state index contributed by atoms with van der Waals surface area (Å²) in [4.78, 5) is 11.5. The molecule has 0 aliphatic carbocycles. The summed E-state index contributed by atoms with van der Waals surface area (Å²) < 4.78 is 4.85. The van der Waals surface area contributed by atoms with E-state index in [4.69, 9.17) is 10.3 Å². The average molecular weight is 257 g/mol. The van der Waals surface area contributed by atoms with Crippen LogP contribution in [-0.4, -0.2) is 28.6 Å². The van der Waals surface area contributed by atoms with Crippen LogP contribution in [0.2, 0.25) is 0 Å². The van der Waals surface area contributed by atoms with Crippen molar-refractivity contribution in [1.29, 1.82) is 0 Å². The van der Waals surface area contributed by atoms with Crippen LogP contribution < -0.4 is 11.1 Å². The zero-order chi connectivity index (χ0) is 12.7. The van der Waals surface area contributed by atoms with Crippen molar-refractivity contribution < 1.29 is 9.32 Å². The minimum absolute atomic E-state index is 0.0356. The summed E-state index contributed by atoms with van der Waals surface area (Å²) in [6, 6.07) is 1.93. The largest absolute Gasteiger partial charge is 0.360 e. The minimum atomic E-state index is -0.0356. The van der Waals surface area contributed by atoms with Crippen LogP contribution in [0.4, 0.5) is 5.82 Å². The maximum atomic E-state index is 11.5. The van der Waals surface area contributed by atoms with Crippen molar-refractivity contribution in [2.75, 3.05) is 16.8 Å². The van der Waals surface area contributed by atoms with E-state index in [9.17, 15) is 4.79 Å². The van der Waals surface area contributed by atoms with E-state index in [-0.39, 0.29) is 11.9 Å². The smallest absolute Gasteiger partial charge is 0.226 e. The lowest BCUT2D eigenvalue weighted by atomic mass is 10.3. The Kier molecular flexibility index (Phi) is 6.07. The SMILES string of the molecule is Cc1cc(NC(=O)CCSCCC(C)N)no1. The van der Waals surface area contributed by atoms with Crippen LogP contribution in [0.25, 0.3) is 0 Å². The highest BCUT2D eigenvalue weighted by Gasteiger charge is 2.05. The Morgan fingerprint density at radius 2 is 2.41 bits per heavy atom. The Morgan fingerprint density at radius 3 is 3.00 bits per heavy atom. The van der Waals surface area contributed by atoms with Crippen molar-refractivity contribution in [1.82, 2.24) is 5.16 Å². The highest BCUT2D eigenvalue weighted by Crippen LogP contribution is 2.09. The van der Waals surface area contributed by atoms with Crippen molar-refractivity contribution in [3.8, 4) is 0 Å². The fourth-order valence-corrected chi connectivity index (χ4v) is 2.24. The van der Waals surface area contributed by atoms with Crippen molar-refractivity contribution >= 4 is 23.5 Å². The van der Waals surface area contributed by atoms with Gasteiger partial charge in [0.1, 0.15) is 5.76 Å². The number of hydrogen-bond acceptors (Lipinski definition) is 5. The number of amides is 1. The van der Waals surface area contributed by atoms with E-state index in [0.717, 1.165) is 17.9 Å². The van der Waals surface area contributed by atoms with Gasteiger partial charge >= 0.3 is 0 Å². The van der Waals surface area contributed by atoms with Crippen molar-refractivity contribution in [2.45, 2.75) is 32.7 Å². The van der Waals surface area contributed by atoms with Crippen LogP contribution in [0.15, 0.2) is 10.6 Å². The van der Waals surface area contributed by atoms with E-state index in [1.807, 2.05) is 6.92 Å². The number of carbonyl (C=O) groups excluding carboxylic acids is 1. The molecule has 0 fully saturated rings. The summed E-state index contributed by atoms with van der Waals surface area (Å²) in [5, 5.41) is 6.37. The molecule has 1 aromatic rings. The molecular formula is C11H19N3O2S. The summed E-state index contributed by atoms with van der Waals surface area (Å²) in [5.74, 6) is 2.93. The number of nitrogens with two attached hydrogens (primary N) is 1. The second kappa shape index (κ2) is 7.34. The maximum Gasteiger partial charge on any atom is 0.226 e. The molecule has 0 aromatic carbocycles. The molecule has 1 unspecified atom stereocenters. The topological polar surface area (TPSA) is 81.2 Å². The lowest BCUT2D eigenvalue weighted by molar-refractivity contribution is -0.115. The van der Waals surface area contributed by atoms with E-state index in [2.05, 4.69) is 10.5 Å². The van der Waals surface area contributed by atoms with Gasteiger partial charge in [-0.2, -0.15) is 11.8 Å². The van der Waals surface area contributed by atoms with Gasteiger partial charge in [-0.05, 0) is 26.0 Å². The molecule has 0 saturated heterocycles. The second-order valence-corrected chi connectivity index (χ2v) is 5.22. The van der Waals surface area contributed by atoms with Crippen molar-refractivity contribution in [3.63, 3.8) is 0 Å². The number of nitrogens with zero attached hydrogens (tertiary/aromatic N) is 1. The van der Waals surface area contributed by atoms with Gasteiger partial charge in [-0.15, -0.1) is 0 Å². The fourth-order valence-electron chi connectivity index (χ4n) is 1.17. The predicted octanol–water partition coefficient (Wildman–Crippen LogP) is 1.78. The van der Waals surface area contributed by atoms with Gasteiger partial charge in [-0.25, -0.2) is 0 Å². The number of thioether (sulfide) groups is 1. The predicted molar refractivity (Wildman–Crippen MR) is 70.1 cm³/mol. The molecule has 1 atom stereocenters. The molecular weight excluding hydrogens is 238 g/mol. The van der Waals surface area contributed by atoms with E-state index in [1.165, 1.54) is 0 Å². The molecule has 0 saturated carbocycles. The summed E-state index contributed by atoms with van der Waals surface area (Å²) in [6.45, 7) is 3.77. The summed E-state index contributed by atoms with van der Waals surface area (Å²) >= 11 is 1.74. The molecule has 0 aliphatic heterocycles. The van der Waals surface area contributed by atoms with E-state index in [1.54, 1.807) is 24.8 Å². The van der Waals surface area contributed by atoms with Crippen molar-refractivity contribution in [2.24, 2.45) is 5.73 Å². The first kappa shape index (κ1) is 14.1. The first-order valence-electron chi connectivity index (χ1n) is 5.64. The van der Waals surface area contributed by atoms with Crippen LogP contribution in [0.5, 0.6) is 0 Å². The van der Waals surface area contributed by atoms with Crippen molar-refractivity contribution in [3.05, 3.63) is 11.8 Å². The number of rotatable bonds is 7. The Bertz CT molecular complexity index is 352. The van der Waals surface area contributed by atoms with Crippen LogP contribution in [0.1, 0.15) is 25.5 Å². The zero-order valence-corrected chi connectivity index (χ0v) is 11.0. The molecule has 1 heterocycles. The molecule has 1 aromatic heterocycles. The van der Waals surface area contributed by atoms with Crippen LogP contribution in [0, 0.1) is 6.92 Å². The second-order valence-electron chi connectivity index (χ2n) is 4.00. The molecule has 0 bridgehead atoms. The number of anilines is 1. The zero-order valence-electron chi connectivity index (χ0n) is 10.2. The monoisotopic (exact) mass is 257 g/mol. The first-order chi connectivity index (χ1) is 8.08. The number of hydrogen-bond donors (Lipinski definition) is 2. The van der Waals surface area contributed by atoms with E-state index < -0.39 is 0 Å². The third-order valence-corrected chi connectivity index (χ3v) is 3.10.